The van der Waals surface area contributed by atoms with E-state index < -0.39 is 0 Å². The van der Waals surface area contributed by atoms with Gasteiger partial charge in [-0.05, 0) is 43.1 Å². The van der Waals surface area contributed by atoms with Crippen molar-refractivity contribution in [3.8, 4) is 16.9 Å². The summed E-state index contributed by atoms with van der Waals surface area (Å²) in [6, 6.07) is 14.8. The van der Waals surface area contributed by atoms with Crippen molar-refractivity contribution in [2.75, 3.05) is 13.7 Å². The first kappa shape index (κ1) is 13.5. The predicted octanol–water partition coefficient (Wildman–Crippen LogP) is 4.44. The second kappa shape index (κ2) is 5.86. The number of ether oxygens (including phenoxy) is 1. The van der Waals surface area contributed by atoms with Crippen LogP contribution in [0.3, 0.4) is 0 Å². The van der Waals surface area contributed by atoms with Crippen molar-refractivity contribution in [1.29, 1.82) is 0 Å². The van der Waals surface area contributed by atoms with Crippen LogP contribution in [0.25, 0.3) is 11.1 Å². The van der Waals surface area contributed by atoms with Crippen LogP contribution in [0.2, 0.25) is 5.02 Å². The fraction of sp³-hybridized carbons (Fsp3) is 0.294. The average molecular weight is 288 g/mol. The van der Waals surface area contributed by atoms with E-state index in [0.29, 0.717) is 11.1 Å². The third-order valence-corrected chi connectivity index (χ3v) is 4.07. The molecular weight excluding hydrogens is 270 g/mol. The first-order chi connectivity index (χ1) is 9.79. The Balaban J connectivity index is 2.12. The summed E-state index contributed by atoms with van der Waals surface area (Å²) in [5.41, 5.74) is 3.48. The van der Waals surface area contributed by atoms with Gasteiger partial charge in [0.25, 0.3) is 0 Å². The van der Waals surface area contributed by atoms with E-state index in [4.69, 9.17) is 16.3 Å². The highest BCUT2D eigenvalue weighted by atomic mass is 35.5. The molecule has 0 saturated heterocycles. The number of halogens is 1. The van der Waals surface area contributed by atoms with Gasteiger partial charge in [-0.2, -0.15) is 0 Å². The van der Waals surface area contributed by atoms with Gasteiger partial charge in [-0.15, -0.1) is 0 Å². The van der Waals surface area contributed by atoms with Crippen molar-refractivity contribution in [3.05, 3.63) is 53.1 Å². The van der Waals surface area contributed by atoms with Crippen LogP contribution < -0.4 is 10.1 Å². The van der Waals surface area contributed by atoms with E-state index in [1.165, 1.54) is 5.56 Å². The number of fused-ring (bicyclic) bond motifs is 1. The van der Waals surface area contributed by atoms with Crippen LogP contribution in [0.15, 0.2) is 42.5 Å². The molecule has 0 spiro atoms. The summed E-state index contributed by atoms with van der Waals surface area (Å²) in [7, 11) is 1.99. The maximum atomic E-state index is 6.44. The summed E-state index contributed by atoms with van der Waals surface area (Å²) in [6.45, 7) is 0.732. The fourth-order valence-corrected chi connectivity index (χ4v) is 3.02. The van der Waals surface area contributed by atoms with E-state index in [1.807, 2.05) is 31.3 Å². The predicted molar refractivity (Wildman–Crippen MR) is 83.4 cm³/mol. The largest absolute Gasteiger partial charge is 0.492 e. The van der Waals surface area contributed by atoms with Gasteiger partial charge in [0.2, 0.25) is 0 Å². The Morgan fingerprint density at radius 2 is 1.95 bits per heavy atom. The number of nitrogens with one attached hydrogen (secondary N) is 1. The van der Waals surface area contributed by atoms with Crippen LogP contribution in [0.5, 0.6) is 5.75 Å². The SMILES string of the molecule is CNC1CCCOc2c(Cl)cc(-c3ccccc3)cc21. The highest BCUT2D eigenvalue weighted by molar-refractivity contribution is 6.32. The molecule has 2 aromatic rings. The standard InChI is InChI=1S/C17H18ClNO/c1-19-16-8-5-9-20-17-14(16)10-13(11-15(17)18)12-6-3-2-4-7-12/h2-4,6-7,10-11,16,19H,5,8-9H2,1H3. The van der Waals surface area contributed by atoms with Crippen LogP contribution in [0, 0.1) is 0 Å². The zero-order chi connectivity index (χ0) is 13.9. The Labute approximate surface area is 124 Å². The third kappa shape index (κ3) is 2.54. The molecule has 0 radical (unpaired) electrons. The number of benzene rings is 2. The molecule has 0 amide bonds. The lowest BCUT2D eigenvalue weighted by atomic mass is 9.97. The van der Waals surface area contributed by atoms with Gasteiger partial charge in [-0.3, -0.25) is 0 Å². The number of rotatable bonds is 2. The van der Waals surface area contributed by atoms with E-state index >= 15 is 0 Å². The van der Waals surface area contributed by atoms with Crippen LogP contribution in [-0.2, 0) is 0 Å². The van der Waals surface area contributed by atoms with Crippen LogP contribution in [0.4, 0.5) is 0 Å². The molecule has 1 N–H and O–H groups in total. The molecule has 1 heterocycles. The van der Waals surface area contributed by atoms with E-state index in [0.717, 1.165) is 36.3 Å². The zero-order valence-corrected chi connectivity index (χ0v) is 12.3. The lowest BCUT2D eigenvalue weighted by molar-refractivity contribution is 0.315. The molecule has 1 atom stereocenters. The molecular formula is C17H18ClNO. The van der Waals surface area contributed by atoms with Crippen LogP contribution in [0.1, 0.15) is 24.4 Å². The topological polar surface area (TPSA) is 21.3 Å². The molecule has 2 nitrogen and oxygen atoms in total. The summed E-state index contributed by atoms with van der Waals surface area (Å²) in [5, 5.41) is 4.07. The third-order valence-electron chi connectivity index (χ3n) is 3.79. The maximum Gasteiger partial charge on any atom is 0.142 e. The molecule has 20 heavy (non-hydrogen) atoms. The average Bonchev–Trinajstić information content (AvgIpc) is 2.70. The van der Waals surface area contributed by atoms with Crippen molar-refractivity contribution in [2.45, 2.75) is 18.9 Å². The molecule has 2 aromatic carbocycles. The first-order valence-electron chi connectivity index (χ1n) is 6.98. The molecule has 0 aliphatic carbocycles. The molecule has 3 heteroatoms. The van der Waals surface area contributed by atoms with Crippen molar-refractivity contribution in [3.63, 3.8) is 0 Å². The van der Waals surface area contributed by atoms with Gasteiger partial charge in [-0.1, -0.05) is 41.9 Å². The number of hydrogen-bond acceptors (Lipinski definition) is 2. The first-order valence-corrected chi connectivity index (χ1v) is 7.36. The summed E-state index contributed by atoms with van der Waals surface area (Å²) in [6.07, 6.45) is 2.11. The van der Waals surface area contributed by atoms with Crippen molar-refractivity contribution >= 4 is 11.6 Å². The summed E-state index contributed by atoms with van der Waals surface area (Å²) < 4.78 is 5.83. The quantitative estimate of drug-likeness (QED) is 0.882. The Morgan fingerprint density at radius 3 is 2.70 bits per heavy atom. The fourth-order valence-electron chi connectivity index (χ4n) is 2.74. The van der Waals surface area contributed by atoms with Crippen molar-refractivity contribution in [2.24, 2.45) is 0 Å². The normalized spacial score (nSPS) is 18.0. The van der Waals surface area contributed by atoms with Gasteiger partial charge in [0.05, 0.1) is 11.6 Å². The van der Waals surface area contributed by atoms with Crippen molar-refractivity contribution < 1.29 is 4.74 Å². The molecule has 0 aromatic heterocycles. The number of hydrogen-bond donors (Lipinski definition) is 1. The van der Waals surface area contributed by atoms with E-state index in [1.54, 1.807) is 0 Å². The lowest BCUT2D eigenvalue weighted by Crippen LogP contribution is -2.15. The molecule has 3 rings (SSSR count). The zero-order valence-electron chi connectivity index (χ0n) is 11.5. The minimum Gasteiger partial charge on any atom is -0.492 e. The maximum absolute atomic E-state index is 6.44. The minimum absolute atomic E-state index is 0.300. The Morgan fingerprint density at radius 1 is 1.15 bits per heavy atom. The van der Waals surface area contributed by atoms with Gasteiger partial charge < -0.3 is 10.1 Å². The van der Waals surface area contributed by atoms with Gasteiger partial charge in [0.1, 0.15) is 5.75 Å². The smallest absolute Gasteiger partial charge is 0.142 e. The van der Waals surface area contributed by atoms with Crippen LogP contribution >= 0.6 is 11.6 Å². The van der Waals surface area contributed by atoms with Gasteiger partial charge in [0.15, 0.2) is 0 Å². The summed E-state index contributed by atoms with van der Waals surface area (Å²) in [5.74, 6) is 0.836. The minimum atomic E-state index is 0.300. The van der Waals surface area contributed by atoms with Gasteiger partial charge in [-0.25, -0.2) is 0 Å². The molecule has 104 valence electrons. The summed E-state index contributed by atoms with van der Waals surface area (Å²) >= 11 is 6.44. The lowest BCUT2D eigenvalue weighted by Gasteiger charge is -2.18. The molecule has 0 saturated carbocycles. The van der Waals surface area contributed by atoms with Crippen molar-refractivity contribution in [1.82, 2.24) is 5.32 Å². The molecule has 1 aliphatic rings. The second-order valence-corrected chi connectivity index (χ2v) is 5.48. The molecule has 1 aliphatic heterocycles. The highest BCUT2D eigenvalue weighted by Gasteiger charge is 2.21. The molecule has 0 bridgehead atoms. The summed E-state index contributed by atoms with van der Waals surface area (Å²) in [4.78, 5) is 0. The van der Waals surface area contributed by atoms with Crippen LogP contribution in [-0.4, -0.2) is 13.7 Å². The second-order valence-electron chi connectivity index (χ2n) is 5.07. The Kier molecular flexibility index (Phi) is 3.95. The van der Waals surface area contributed by atoms with E-state index in [9.17, 15) is 0 Å². The molecule has 0 fully saturated rings. The highest BCUT2D eigenvalue weighted by Crippen LogP contribution is 2.40. The monoisotopic (exact) mass is 287 g/mol. The van der Waals surface area contributed by atoms with E-state index in [2.05, 4.69) is 23.5 Å². The Bertz CT molecular complexity index is 597. The van der Waals surface area contributed by atoms with Gasteiger partial charge in [0, 0.05) is 11.6 Å². The molecule has 1 unspecified atom stereocenters. The Hall–Kier alpha value is -1.51. The van der Waals surface area contributed by atoms with Gasteiger partial charge >= 0.3 is 0 Å². The van der Waals surface area contributed by atoms with E-state index in [-0.39, 0.29) is 0 Å².